The fraction of sp³-hybridized carbons (Fsp3) is 0.273. The number of benzene rings is 2. The molecule has 1 unspecified atom stereocenters. The fourth-order valence-corrected chi connectivity index (χ4v) is 4.03. The summed E-state index contributed by atoms with van der Waals surface area (Å²) in [4.78, 5) is 33.8. The molecule has 1 fully saturated rings. The van der Waals surface area contributed by atoms with Crippen molar-refractivity contribution in [2.45, 2.75) is 32.2 Å². The van der Waals surface area contributed by atoms with E-state index in [1.54, 1.807) is 9.47 Å². The molecule has 1 atom stereocenters. The smallest absolute Gasteiger partial charge is 0.326 e. The Kier molecular flexibility index (Phi) is 4.27. The average Bonchev–Trinajstić information content (AvgIpc) is 3.43. The highest BCUT2D eigenvalue weighted by Gasteiger charge is 2.35. The van der Waals surface area contributed by atoms with Crippen LogP contribution in [-0.4, -0.2) is 32.1 Å². The molecule has 1 N–H and O–H groups in total. The molecule has 8 heteroatoms. The first-order valence-corrected chi connectivity index (χ1v) is 9.95. The van der Waals surface area contributed by atoms with Gasteiger partial charge in [0.05, 0.1) is 17.0 Å². The van der Waals surface area contributed by atoms with Gasteiger partial charge >= 0.3 is 5.69 Å². The number of rotatable bonds is 4. The van der Waals surface area contributed by atoms with E-state index in [2.05, 4.69) is 15.1 Å². The first-order valence-electron chi connectivity index (χ1n) is 9.95. The van der Waals surface area contributed by atoms with Crippen molar-refractivity contribution in [2.24, 2.45) is 0 Å². The van der Waals surface area contributed by atoms with Crippen LogP contribution in [0.1, 0.15) is 38.1 Å². The van der Waals surface area contributed by atoms with E-state index in [0.717, 1.165) is 22.3 Å². The van der Waals surface area contributed by atoms with Gasteiger partial charge in [-0.3, -0.25) is 9.36 Å². The van der Waals surface area contributed by atoms with Crippen molar-refractivity contribution in [3.63, 3.8) is 0 Å². The number of amides is 1. The molecule has 8 nitrogen and oxygen atoms in total. The summed E-state index contributed by atoms with van der Waals surface area (Å²) in [5.41, 5.74) is 3.04. The molecule has 2 aromatic carbocycles. The van der Waals surface area contributed by atoms with Crippen molar-refractivity contribution in [2.75, 3.05) is 11.4 Å². The van der Waals surface area contributed by atoms with E-state index >= 15 is 0 Å². The van der Waals surface area contributed by atoms with Gasteiger partial charge in [0.1, 0.15) is 0 Å². The van der Waals surface area contributed by atoms with Crippen molar-refractivity contribution in [1.82, 2.24) is 19.7 Å². The first-order chi connectivity index (χ1) is 14.5. The summed E-state index contributed by atoms with van der Waals surface area (Å²) >= 11 is 0. The molecule has 1 aliphatic rings. The average molecular weight is 403 g/mol. The van der Waals surface area contributed by atoms with E-state index in [-0.39, 0.29) is 23.6 Å². The third-order valence-electron chi connectivity index (χ3n) is 5.47. The third-order valence-corrected chi connectivity index (χ3v) is 5.47. The zero-order chi connectivity index (χ0) is 20.8. The molecule has 1 amide bonds. The number of hydrogen-bond donors (Lipinski definition) is 1. The summed E-state index contributed by atoms with van der Waals surface area (Å²) in [6.07, 6.45) is 0.333. The summed E-state index contributed by atoms with van der Waals surface area (Å²) in [6, 6.07) is 15.2. The molecule has 1 aliphatic heterocycles. The summed E-state index contributed by atoms with van der Waals surface area (Å²) in [6.45, 7) is 4.44. The number of nitrogens with zero attached hydrogens (tertiary/aromatic N) is 4. The van der Waals surface area contributed by atoms with Crippen molar-refractivity contribution < 1.29 is 9.32 Å². The summed E-state index contributed by atoms with van der Waals surface area (Å²) < 4.78 is 7.21. The maximum absolute atomic E-state index is 12.5. The molecule has 3 heterocycles. The second-order valence-electron chi connectivity index (χ2n) is 7.82. The normalized spacial score (nSPS) is 16.8. The Hall–Kier alpha value is -3.68. The molecule has 4 aromatic rings. The monoisotopic (exact) mass is 403 g/mol. The number of fused-ring (bicyclic) bond motifs is 1. The molecule has 2 aromatic heterocycles. The van der Waals surface area contributed by atoms with Crippen LogP contribution in [0.25, 0.3) is 22.4 Å². The van der Waals surface area contributed by atoms with E-state index in [0.29, 0.717) is 24.7 Å². The first kappa shape index (κ1) is 18.4. The number of imidazole rings is 1. The van der Waals surface area contributed by atoms with Gasteiger partial charge in [-0.25, -0.2) is 4.79 Å². The second-order valence-corrected chi connectivity index (χ2v) is 7.82. The van der Waals surface area contributed by atoms with Crippen LogP contribution in [0.2, 0.25) is 0 Å². The summed E-state index contributed by atoms with van der Waals surface area (Å²) in [5, 5.41) is 4.11. The molecular formula is C22H21N5O3. The zero-order valence-electron chi connectivity index (χ0n) is 16.7. The molecule has 0 spiro atoms. The quantitative estimate of drug-likeness (QED) is 0.563. The largest absolute Gasteiger partial charge is 0.339 e. The lowest BCUT2D eigenvalue weighted by molar-refractivity contribution is -0.117. The SMILES string of the molecule is CC(C)n1c(=O)[nH]c2cc(-c3noc(C4CC(=O)N(c5ccccc5)C4)n3)ccc21. The molecule has 152 valence electrons. The highest BCUT2D eigenvalue weighted by atomic mass is 16.5. The van der Waals surface area contributed by atoms with Crippen LogP contribution in [0.5, 0.6) is 0 Å². The molecule has 5 rings (SSSR count). The van der Waals surface area contributed by atoms with Crippen LogP contribution < -0.4 is 10.6 Å². The summed E-state index contributed by atoms with van der Waals surface area (Å²) in [7, 11) is 0. The third kappa shape index (κ3) is 3.01. The van der Waals surface area contributed by atoms with Crippen LogP contribution in [0.15, 0.2) is 57.8 Å². The Morgan fingerprint density at radius 2 is 1.93 bits per heavy atom. The van der Waals surface area contributed by atoms with Crippen molar-refractivity contribution in [1.29, 1.82) is 0 Å². The number of aromatic nitrogens is 4. The topological polar surface area (TPSA) is 97.0 Å². The van der Waals surface area contributed by atoms with Crippen LogP contribution in [-0.2, 0) is 4.79 Å². The van der Waals surface area contributed by atoms with Crippen LogP contribution in [0.3, 0.4) is 0 Å². The van der Waals surface area contributed by atoms with E-state index in [4.69, 9.17) is 4.52 Å². The maximum Gasteiger partial charge on any atom is 0.326 e. The van der Waals surface area contributed by atoms with E-state index in [1.165, 1.54) is 0 Å². The number of anilines is 1. The van der Waals surface area contributed by atoms with E-state index < -0.39 is 0 Å². The van der Waals surface area contributed by atoms with Crippen LogP contribution in [0, 0.1) is 0 Å². The Balaban J connectivity index is 1.42. The minimum atomic E-state index is -0.149. The van der Waals surface area contributed by atoms with Crippen molar-refractivity contribution in [3.8, 4) is 11.4 Å². The standard InChI is InChI=1S/C22H21N5O3/c1-13(2)27-18-9-8-14(10-17(18)23-22(27)29)20-24-21(30-25-20)15-11-19(28)26(12-15)16-6-4-3-5-7-16/h3-10,13,15H,11-12H2,1-2H3,(H,23,29). The number of para-hydroxylation sites is 1. The minimum Gasteiger partial charge on any atom is -0.339 e. The number of nitrogens with one attached hydrogen (secondary N) is 1. The van der Waals surface area contributed by atoms with Crippen molar-refractivity contribution in [3.05, 3.63) is 64.9 Å². The number of hydrogen-bond acceptors (Lipinski definition) is 5. The van der Waals surface area contributed by atoms with Gasteiger partial charge in [-0.1, -0.05) is 23.4 Å². The highest BCUT2D eigenvalue weighted by molar-refractivity contribution is 5.96. The molecule has 30 heavy (non-hydrogen) atoms. The molecular weight excluding hydrogens is 382 g/mol. The maximum atomic E-state index is 12.5. The second kappa shape index (κ2) is 6.98. The number of H-pyrrole nitrogens is 1. The Morgan fingerprint density at radius 1 is 1.13 bits per heavy atom. The van der Waals surface area contributed by atoms with Gasteiger partial charge in [0.15, 0.2) is 0 Å². The zero-order valence-corrected chi connectivity index (χ0v) is 16.7. The lowest BCUT2D eigenvalue weighted by Gasteiger charge is -2.15. The molecule has 0 bridgehead atoms. The van der Waals surface area contributed by atoms with Gasteiger partial charge in [0.25, 0.3) is 0 Å². The van der Waals surface area contributed by atoms with Gasteiger partial charge in [-0.2, -0.15) is 4.98 Å². The summed E-state index contributed by atoms with van der Waals surface area (Å²) in [5.74, 6) is 0.783. The van der Waals surface area contributed by atoms with Gasteiger partial charge in [0, 0.05) is 30.3 Å². The minimum absolute atomic E-state index is 0.0416. The lowest BCUT2D eigenvalue weighted by atomic mass is 10.1. The predicted octanol–water partition coefficient (Wildman–Crippen LogP) is 3.48. The van der Waals surface area contributed by atoms with Crippen LogP contribution >= 0.6 is 0 Å². The fourth-order valence-electron chi connectivity index (χ4n) is 4.03. The molecule has 0 aliphatic carbocycles. The van der Waals surface area contributed by atoms with Gasteiger partial charge in [0.2, 0.25) is 17.6 Å². The lowest BCUT2D eigenvalue weighted by Crippen LogP contribution is -2.24. The Labute approximate surface area is 172 Å². The molecule has 1 saturated heterocycles. The molecule has 0 radical (unpaired) electrons. The Morgan fingerprint density at radius 3 is 2.70 bits per heavy atom. The van der Waals surface area contributed by atoms with Crippen LogP contribution in [0.4, 0.5) is 5.69 Å². The van der Waals surface area contributed by atoms with Gasteiger partial charge in [-0.05, 0) is 44.2 Å². The van der Waals surface area contributed by atoms with E-state index in [9.17, 15) is 9.59 Å². The number of carbonyl (C=O) groups is 1. The highest BCUT2D eigenvalue weighted by Crippen LogP contribution is 2.32. The Bertz CT molecular complexity index is 1290. The van der Waals surface area contributed by atoms with Gasteiger partial charge < -0.3 is 14.4 Å². The van der Waals surface area contributed by atoms with Crippen molar-refractivity contribution >= 4 is 22.6 Å². The number of carbonyl (C=O) groups excluding carboxylic acids is 1. The number of aromatic amines is 1. The predicted molar refractivity (Wildman–Crippen MR) is 112 cm³/mol. The molecule has 0 saturated carbocycles. The van der Waals surface area contributed by atoms with Gasteiger partial charge in [-0.15, -0.1) is 0 Å². The van der Waals surface area contributed by atoms with E-state index in [1.807, 2.05) is 62.4 Å².